The number of benzene rings is 1. The molecule has 1 aromatic heterocycles. The molecule has 0 bridgehead atoms. The van der Waals surface area contributed by atoms with Crippen LogP contribution in [0.3, 0.4) is 0 Å². The van der Waals surface area contributed by atoms with E-state index >= 15 is 0 Å². The lowest BCUT2D eigenvalue weighted by molar-refractivity contribution is 0.508. The third kappa shape index (κ3) is 4.35. The average Bonchev–Trinajstić information content (AvgIpc) is 2.94. The van der Waals surface area contributed by atoms with Crippen LogP contribution in [0.4, 0.5) is 0 Å². The zero-order valence-electron chi connectivity index (χ0n) is 14.7. The number of rotatable bonds is 3. The second-order valence-corrected chi connectivity index (χ2v) is 8.57. The smallest absolute Gasteiger partial charge is 0.189 e. The number of nitrogens with zero attached hydrogens (tertiary/aromatic N) is 2. The van der Waals surface area contributed by atoms with Gasteiger partial charge in [0.25, 0.3) is 0 Å². The van der Waals surface area contributed by atoms with Crippen molar-refractivity contribution in [3.05, 3.63) is 51.5 Å². The van der Waals surface area contributed by atoms with Gasteiger partial charge >= 0.3 is 0 Å². The van der Waals surface area contributed by atoms with Crippen LogP contribution < -0.4 is 11.1 Å². The normalized spacial score (nSPS) is 18.3. The molecule has 0 aliphatic heterocycles. The van der Waals surface area contributed by atoms with Crippen LogP contribution in [0.5, 0.6) is 0 Å². The number of guanidine groups is 1. The van der Waals surface area contributed by atoms with Gasteiger partial charge in [0.05, 0.1) is 12.2 Å². The Balaban J connectivity index is 1.66. The molecule has 4 nitrogen and oxygen atoms in total. The second kappa shape index (κ2) is 6.93. The number of hydrogen-bond donors (Lipinski definition) is 2. The van der Waals surface area contributed by atoms with Crippen molar-refractivity contribution in [1.29, 1.82) is 0 Å². The minimum absolute atomic E-state index is 0.0708. The molecule has 24 heavy (non-hydrogen) atoms. The van der Waals surface area contributed by atoms with Crippen LogP contribution in [0, 0.1) is 0 Å². The van der Waals surface area contributed by atoms with Gasteiger partial charge in [0.2, 0.25) is 0 Å². The molecule has 128 valence electrons. The Morgan fingerprint density at radius 2 is 2.08 bits per heavy atom. The molecule has 1 aliphatic carbocycles. The van der Waals surface area contributed by atoms with Crippen molar-refractivity contribution in [2.24, 2.45) is 10.7 Å². The summed E-state index contributed by atoms with van der Waals surface area (Å²) in [6.07, 6.45) is 3.33. The number of nitrogens with one attached hydrogen (secondary N) is 1. The van der Waals surface area contributed by atoms with Crippen LogP contribution in [0.15, 0.2) is 35.3 Å². The molecule has 1 aromatic carbocycles. The predicted octanol–water partition coefficient (Wildman–Crippen LogP) is 3.62. The first kappa shape index (κ1) is 17.0. The van der Waals surface area contributed by atoms with Gasteiger partial charge < -0.3 is 11.1 Å². The number of thiazole rings is 1. The van der Waals surface area contributed by atoms with E-state index in [-0.39, 0.29) is 5.54 Å². The van der Waals surface area contributed by atoms with Crippen molar-refractivity contribution in [3.8, 4) is 0 Å². The summed E-state index contributed by atoms with van der Waals surface area (Å²) in [5.41, 5.74) is 8.58. The Bertz CT molecular complexity index is 713. The summed E-state index contributed by atoms with van der Waals surface area (Å²) in [5, 5.41) is 4.25. The van der Waals surface area contributed by atoms with E-state index in [4.69, 9.17) is 10.7 Å². The van der Waals surface area contributed by atoms with E-state index in [9.17, 15) is 0 Å². The number of fused-ring (bicyclic) bond motifs is 1. The highest BCUT2D eigenvalue weighted by molar-refractivity contribution is 7.11. The molecular weight excluding hydrogens is 316 g/mol. The lowest BCUT2D eigenvalue weighted by Gasteiger charge is -2.21. The largest absolute Gasteiger partial charge is 0.370 e. The van der Waals surface area contributed by atoms with Gasteiger partial charge in [0.15, 0.2) is 5.96 Å². The van der Waals surface area contributed by atoms with Crippen molar-refractivity contribution in [3.63, 3.8) is 0 Å². The first-order valence-electron chi connectivity index (χ1n) is 8.51. The topological polar surface area (TPSA) is 63.3 Å². The minimum Gasteiger partial charge on any atom is -0.370 e. The van der Waals surface area contributed by atoms with Crippen LogP contribution in [-0.4, -0.2) is 16.5 Å². The van der Waals surface area contributed by atoms with E-state index in [2.05, 4.69) is 61.4 Å². The fourth-order valence-corrected chi connectivity index (χ4v) is 4.20. The maximum absolute atomic E-state index is 5.94. The van der Waals surface area contributed by atoms with Crippen molar-refractivity contribution >= 4 is 17.3 Å². The number of aliphatic imine (C=N–C) groups is 1. The maximum atomic E-state index is 5.94. The molecule has 0 radical (unpaired) electrons. The molecule has 5 heteroatoms. The van der Waals surface area contributed by atoms with Crippen molar-refractivity contribution in [1.82, 2.24) is 10.3 Å². The molecular formula is C19H26N4S. The Morgan fingerprint density at radius 3 is 2.79 bits per heavy atom. The van der Waals surface area contributed by atoms with Crippen LogP contribution in [0.1, 0.15) is 54.3 Å². The fraction of sp³-hybridized carbons (Fsp3) is 0.474. The van der Waals surface area contributed by atoms with Crippen LogP contribution >= 0.6 is 11.3 Å². The average molecular weight is 343 g/mol. The summed E-state index contributed by atoms with van der Waals surface area (Å²) in [7, 11) is 0. The lowest BCUT2D eigenvalue weighted by Crippen LogP contribution is -2.44. The van der Waals surface area contributed by atoms with E-state index < -0.39 is 0 Å². The van der Waals surface area contributed by atoms with E-state index in [1.165, 1.54) is 22.6 Å². The Hall–Kier alpha value is -1.88. The second-order valence-electron chi connectivity index (χ2n) is 7.40. The molecule has 2 aromatic rings. The van der Waals surface area contributed by atoms with E-state index in [0.29, 0.717) is 18.4 Å². The minimum atomic E-state index is -0.0708. The molecule has 0 saturated carbocycles. The van der Waals surface area contributed by atoms with Gasteiger partial charge in [-0.3, -0.25) is 0 Å². The standard InChI is InChI=1S/C19H26N4S/c1-19(2,3)23-18(20)21-12-17-22-15-10-9-14(11-16(15)24-17)13-7-5-4-6-8-13/h4-8,14H,9-12H2,1-3H3,(H3,20,21,23). The summed E-state index contributed by atoms with van der Waals surface area (Å²) in [6, 6.07) is 10.8. The molecule has 0 spiro atoms. The first-order chi connectivity index (χ1) is 11.4. The highest BCUT2D eigenvalue weighted by Crippen LogP contribution is 2.35. The quantitative estimate of drug-likeness (QED) is 0.661. The summed E-state index contributed by atoms with van der Waals surface area (Å²) in [4.78, 5) is 10.6. The third-order valence-electron chi connectivity index (χ3n) is 4.14. The van der Waals surface area contributed by atoms with E-state index in [1.54, 1.807) is 11.3 Å². The van der Waals surface area contributed by atoms with Crippen LogP contribution in [-0.2, 0) is 19.4 Å². The molecule has 3 N–H and O–H groups in total. The third-order valence-corrected chi connectivity index (χ3v) is 5.25. The van der Waals surface area contributed by atoms with Gasteiger partial charge in [-0.25, -0.2) is 9.98 Å². The lowest BCUT2D eigenvalue weighted by atomic mass is 9.85. The zero-order chi connectivity index (χ0) is 17.2. The Kier molecular flexibility index (Phi) is 4.90. The number of hydrogen-bond acceptors (Lipinski definition) is 3. The molecule has 1 aliphatic rings. The summed E-state index contributed by atoms with van der Waals surface area (Å²) in [6.45, 7) is 6.77. The fourth-order valence-electron chi connectivity index (χ4n) is 3.08. The van der Waals surface area contributed by atoms with Gasteiger partial charge in [-0.2, -0.15) is 0 Å². The Labute approximate surface area is 148 Å². The molecule has 0 fully saturated rings. The van der Waals surface area contributed by atoms with Gasteiger partial charge in [-0.1, -0.05) is 30.3 Å². The number of nitrogens with two attached hydrogens (primary N) is 1. The highest BCUT2D eigenvalue weighted by atomic mass is 32.1. The SMILES string of the molecule is CC(C)(C)NC(N)=NCc1nc2c(s1)CC(c1ccccc1)CC2. The van der Waals surface area contributed by atoms with E-state index in [1.807, 2.05) is 0 Å². The molecule has 1 atom stereocenters. The molecule has 3 rings (SSSR count). The van der Waals surface area contributed by atoms with Crippen molar-refractivity contribution in [2.45, 2.75) is 58.0 Å². The first-order valence-corrected chi connectivity index (χ1v) is 9.33. The molecule has 1 heterocycles. The van der Waals surface area contributed by atoms with Gasteiger partial charge in [-0.15, -0.1) is 11.3 Å². The summed E-state index contributed by atoms with van der Waals surface area (Å²) < 4.78 is 0. The van der Waals surface area contributed by atoms with E-state index in [0.717, 1.165) is 17.8 Å². The van der Waals surface area contributed by atoms with Crippen molar-refractivity contribution < 1.29 is 0 Å². The number of aromatic nitrogens is 1. The molecule has 0 saturated heterocycles. The van der Waals surface area contributed by atoms with Crippen LogP contribution in [0.2, 0.25) is 0 Å². The summed E-state index contributed by atoms with van der Waals surface area (Å²) >= 11 is 1.79. The van der Waals surface area contributed by atoms with Gasteiger partial charge in [0.1, 0.15) is 5.01 Å². The monoisotopic (exact) mass is 342 g/mol. The highest BCUT2D eigenvalue weighted by Gasteiger charge is 2.23. The zero-order valence-corrected chi connectivity index (χ0v) is 15.5. The Morgan fingerprint density at radius 1 is 1.33 bits per heavy atom. The maximum Gasteiger partial charge on any atom is 0.189 e. The number of aryl methyl sites for hydroxylation is 1. The predicted molar refractivity (Wildman–Crippen MR) is 102 cm³/mol. The van der Waals surface area contributed by atoms with Gasteiger partial charge in [0, 0.05) is 10.4 Å². The molecule has 1 unspecified atom stereocenters. The summed E-state index contributed by atoms with van der Waals surface area (Å²) in [5.74, 6) is 1.10. The van der Waals surface area contributed by atoms with Crippen LogP contribution in [0.25, 0.3) is 0 Å². The van der Waals surface area contributed by atoms with Crippen molar-refractivity contribution in [2.75, 3.05) is 0 Å². The van der Waals surface area contributed by atoms with Gasteiger partial charge in [-0.05, 0) is 51.5 Å². The molecule has 0 amide bonds.